The molecule has 1 aromatic rings. The predicted octanol–water partition coefficient (Wildman–Crippen LogP) is 2.44. The zero-order chi connectivity index (χ0) is 22.1. The van der Waals surface area contributed by atoms with Crippen molar-refractivity contribution in [2.75, 3.05) is 0 Å². The summed E-state index contributed by atoms with van der Waals surface area (Å²) in [7, 11) is 0. The molecule has 1 heterocycles. The number of hydrogen-bond acceptors (Lipinski definition) is 5. The van der Waals surface area contributed by atoms with E-state index in [1.807, 2.05) is 50.3 Å². The van der Waals surface area contributed by atoms with Crippen LogP contribution in [0.2, 0.25) is 0 Å². The number of nitrogens with zero attached hydrogens (tertiary/aromatic N) is 1. The minimum absolute atomic E-state index is 0.0700. The van der Waals surface area contributed by atoms with Gasteiger partial charge in [0.15, 0.2) is 0 Å². The highest BCUT2D eigenvalue weighted by molar-refractivity contribution is 5.99. The molecule has 1 unspecified atom stereocenters. The molecule has 1 saturated heterocycles. The van der Waals surface area contributed by atoms with Gasteiger partial charge in [0.05, 0.1) is 11.8 Å². The molecule has 8 nitrogen and oxygen atoms in total. The van der Waals surface area contributed by atoms with Gasteiger partial charge in [0.2, 0.25) is 23.6 Å². The zero-order valence-corrected chi connectivity index (χ0v) is 17.3. The average molecular weight is 415 g/mol. The Kier molecular flexibility index (Phi) is 8.73. The molecule has 8 heteroatoms. The Morgan fingerprint density at radius 1 is 1.07 bits per heavy atom. The molecule has 0 spiro atoms. The first kappa shape index (κ1) is 23.3. The monoisotopic (exact) mass is 415 g/mol. The van der Waals surface area contributed by atoms with Gasteiger partial charge >= 0.3 is 0 Å². The number of carbonyl (C=O) groups excluding carboxylic acids is 4. The van der Waals surface area contributed by atoms with Crippen LogP contribution in [0, 0.1) is 17.8 Å². The third kappa shape index (κ3) is 6.52. The SMILES string of the molecule is CC(C)CC(C(=O)NN1C(=O)CCCC1=O)[C@@H](C/C=C\c1ccccc1)C(=O)NO. The Balaban J connectivity index is 2.20. The second kappa shape index (κ2) is 11.3. The summed E-state index contributed by atoms with van der Waals surface area (Å²) in [6.07, 6.45) is 4.97. The van der Waals surface area contributed by atoms with Crippen molar-refractivity contribution in [3.05, 3.63) is 42.0 Å². The number of imide groups is 1. The molecule has 0 bridgehead atoms. The third-order valence-electron chi connectivity index (χ3n) is 5.00. The lowest BCUT2D eigenvalue weighted by Gasteiger charge is -2.30. The Bertz CT molecular complexity index is 775. The molecule has 2 rings (SSSR count). The fourth-order valence-electron chi connectivity index (χ4n) is 3.49. The number of benzene rings is 1. The maximum Gasteiger partial charge on any atom is 0.248 e. The van der Waals surface area contributed by atoms with E-state index in [4.69, 9.17) is 0 Å². The summed E-state index contributed by atoms with van der Waals surface area (Å²) in [4.78, 5) is 49.4. The predicted molar refractivity (Wildman–Crippen MR) is 110 cm³/mol. The summed E-state index contributed by atoms with van der Waals surface area (Å²) >= 11 is 0. The van der Waals surface area contributed by atoms with Crippen LogP contribution in [0.3, 0.4) is 0 Å². The van der Waals surface area contributed by atoms with Gasteiger partial charge in [0, 0.05) is 12.8 Å². The van der Waals surface area contributed by atoms with Crippen LogP contribution in [0.5, 0.6) is 0 Å². The van der Waals surface area contributed by atoms with Crippen LogP contribution >= 0.6 is 0 Å². The molecule has 1 fully saturated rings. The topological polar surface area (TPSA) is 116 Å². The molecule has 1 aliphatic rings. The van der Waals surface area contributed by atoms with Crippen molar-refractivity contribution in [1.82, 2.24) is 15.9 Å². The van der Waals surface area contributed by atoms with E-state index < -0.39 is 35.5 Å². The summed E-state index contributed by atoms with van der Waals surface area (Å²) in [5.41, 5.74) is 4.98. The molecular formula is C22H29N3O5. The van der Waals surface area contributed by atoms with Crippen LogP contribution in [-0.4, -0.2) is 33.8 Å². The van der Waals surface area contributed by atoms with Crippen LogP contribution in [0.4, 0.5) is 0 Å². The van der Waals surface area contributed by atoms with Gasteiger partial charge in [0.1, 0.15) is 0 Å². The van der Waals surface area contributed by atoms with Gasteiger partial charge in [-0.15, -0.1) is 0 Å². The van der Waals surface area contributed by atoms with E-state index in [9.17, 15) is 24.4 Å². The van der Waals surface area contributed by atoms with Crippen LogP contribution in [-0.2, 0) is 19.2 Å². The molecule has 30 heavy (non-hydrogen) atoms. The van der Waals surface area contributed by atoms with Gasteiger partial charge in [-0.3, -0.25) is 29.8 Å². The highest BCUT2D eigenvalue weighted by atomic mass is 16.5. The van der Waals surface area contributed by atoms with Gasteiger partial charge in [0.25, 0.3) is 0 Å². The first-order valence-electron chi connectivity index (χ1n) is 10.1. The highest BCUT2D eigenvalue weighted by Gasteiger charge is 2.36. The molecule has 0 aromatic heterocycles. The van der Waals surface area contributed by atoms with Crippen molar-refractivity contribution < 1.29 is 24.4 Å². The van der Waals surface area contributed by atoms with E-state index in [2.05, 4.69) is 5.43 Å². The second-order valence-corrected chi connectivity index (χ2v) is 7.82. The largest absolute Gasteiger partial charge is 0.289 e. The molecule has 3 N–H and O–H groups in total. The minimum atomic E-state index is -0.868. The fraction of sp³-hybridized carbons (Fsp3) is 0.455. The van der Waals surface area contributed by atoms with Gasteiger partial charge in [-0.25, -0.2) is 5.48 Å². The number of piperidine rings is 1. The van der Waals surface area contributed by atoms with E-state index in [-0.39, 0.29) is 25.2 Å². The van der Waals surface area contributed by atoms with Gasteiger partial charge in [-0.05, 0) is 30.7 Å². The summed E-state index contributed by atoms with van der Waals surface area (Å²) in [6.45, 7) is 3.82. The summed E-state index contributed by atoms with van der Waals surface area (Å²) < 4.78 is 0. The number of nitrogens with one attached hydrogen (secondary N) is 2. The quantitative estimate of drug-likeness (QED) is 0.325. The highest BCUT2D eigenvalue weighted by Crippen LogP contribution is 2.26. The summed E-state index contributed by atoms with van der Waals surface area (Å²) in [5.74, 6) is -3.84. The van der Waals surface area contributed by atoms with Crippen LogP contribution < -0.4 is 10.9 Å². The molecule has 1 aromatic carbocycles. The number of hydrazine groups is 1. The van der Waals surface area contributed by atoms with Crippen molar-refractivity contribution in [2.45, 2.75) is 46.0 Å². The maximum absolute atomic E-state index is 13.0. The molecule has 162 valence electrons. The van der Waals surface area contributed by atoms with Crippen LogP contribution in [0.25, 0.3) is 6.08 Å². The van der Waals surface area contributed by atoms with Crippen LogP contribution in [0.1, 0.15) is 51.5 Å². The number of rotatable bonds is 9. The number of allylic oxidation sites excluding steroid dienone is 1. The number of hydrogen-bond donors (Lipinski definition) is 3. The molecule has 4 amide bonds. The Labute approximate surface area is 176 Å². The molecular weight excluding hydrogens is 386 g/mol. The van der Waals surface area contributed by atoms with Crippen molar-refractivity contribution in [2.24, 2.45) is 17.8 Å². The Morgan fingerprint density at radius 2 is 1.70 bits per heavy atom. The maximum atomic E-state index is 13.0. The molecule has 0 radical (unpaired) electrons. The minimum Gasteiger partial charge on any atom is -0.289 e. The molecule has 0 aliphatic carbocycles. The lowest BCUT2D eigenvalue weighted by molar-refractivity contribution is -0.158. The Morgan fingerprint density at radius 3 is 2.27 bits per heavy atom. The normalized spacial score (nSPS) is 16.6. The van der Waals surface area contributed by atoms with Crippen molar-refractivity contribution >= 4 is 29.7 Å². The molecule has 2 atom stereocenters. The standard InChI is InChI=1S/C22H29N3O5/c1-15(2)14-18(21(28)23-25-19(26)12-7-13-20(25)27)17(22(29)24-30)11-6-10-16-8-4-3-5-9-16/h3-6,8-10,15,17-18,30H,7,11-14H2,1-2H3,(H,23,28)(H,24,29)/b10-6-/t17-,18?/m1/s1. The number of hydroxylamine groups is 1. The third-order valence-corrected chi connectivity index (χ3v) is 5.00. The Hall–Kier alpha value is -3.00. The molecule has 1 aliphatic heterocycles. The second-order valence-electron chi connectivity index (χ2n) is 7.82. The van der Waals surface area contributed by atoms with E-state index in [0.717, 1.165) is 10.6 Å². The zero-order valence-electron chi connectivity index (χ0n) is 17.3. The van der Waals surface area contributed by atoms with E-state index in [1.165, 1.54) is 0 Å². The van der Waals surface area contributed by atoms with Crippen molar-refractivity contribution in [3.8, 4) is 0 Å². The summed E-state index contributed by atoms with van der Waals surface area (Å²) in [6, 6.07) is 9.48. The summed E-state index contributed by atoms with van der Waals surface area (Å²) in [5, 5.41) is 9.97. The van der Waals surface area contributed by atoms with E-state index in [0.29, 0.717) is 12.8 Å². The molecule has 0 saturated carbocycles. The number of carbonyl (C=O) groups is 4. The van der Waals surface area contributed by atoms with Crippen molar-refractivity contribution in [1.29, 1.82) is 0 Å². The fourth-order valence-corrected chi connectivity index (χ4v) is 3.49. The first-order valence-corrected chi connectivity index (χ1v) is 10.1. The average Bonchev–Trinajstić information content (AvgIpc) is 2.72. The van der Waals surface area contributed by atoms with Gasteiger partial charge < -0.3 is 0 Å². The van der Waals surface area contributed by atoms with Crippen molar-refractivity contribution in [3.63, 3.8) is 0 Å². The number of amides is 4. The lowest BCUT2D eigenvalue weighted by atomic mass is 9.82. The van der Waals surface area contributed by atoms with Gasteiger partial charge in [-0.2, -0.15) is 5.01 Å². The lowest BCUT2D eigenvalue weighted by Crippen LogP contribution is -2.54. The van der Waals surface area contributed by atoms with Gasteiger partial charge in [-0.1, -0.05) is 56.3 Å². The first-order chi connectivity index (χ1) is 14.3. The van der Waals surface area contributed by atoms with E-state index >= 15 is 0 Å². The van der Waals surface area contributed by atoms with Crippen LogP contribution in [0.15, 0.2) is 36.4 Å². The smallest absolute Gasteiger partial charge is 0.248 e. The van der Waals surface area contributed by atoms with E-state index in [1.54, 1.807) is 11.6 Å².